The van der Waals surface area contributed by atoms with Crippen LogP contribution in [-0.4, -0.2) is 23.1 Å². The molecule has 1 amide bonds. The van der Waals surface area contributed by atoms with Crippen LogP contribution in [0, 0.1) is 0 Å². The largest absolute Gasteiger partial charge is 0.459 e. The molecule has 116 valence electrons. The lowest BCUT2D eigenvalue weighted by Crippen LogP contribution is -2.30. The Kier molecular flexibility index (Phi) is 3.90. The third kappa shape index (κ3) is 2.85. The van der Waals surface area contributed by atoms with Gasteiger partial charge in [0.15, 0.2) is 5.76 Å². The Balaban J connectivity index is 1.83. The Bertz CT molecular complexity index is 652. The van der Waals surface area contributed by atoms with Gasteiger partial charge in [0, 0.05) is 12.3 Å². The zero-order chi connectivity index (χ0) is 15.7. The molecule has 2 aromatic rings. The van der Waals surface area contributed by atoms with Gasteiger partial charge >= 0.3 is 6.18 Å². The van der Waals surface area contributed by atoms with E-state index in [2.05, 4.69) is 0 Å². The summed E-state index contributed by atoms with van der Waals surface area (Å²) in [5, 5.41) is -0.292. The van der Waals surface area contributed by atoms with Crippen LogP contribution in [-0.2, 0) is 6.18 Å². The second-order valence-electron chi connectivity index (χ2n) is 4.82. The Morgan fingerprint density at radius 2 is 1.95 bits per heavy atom. The number of hydrogen-bond donors (Lipinski definition) is 0. The summed E-state index contributed by atoms with van der Waals surface area (Å²) >= 11 is 1.52. The molecule has 2 heterocycles. The number of alkyl halides is 3. The van der Waals surface area contributed by atoms with E-state index < -0.39 is 11.7 Å². The van der Waals surface area contributed by atoms with Crippen LogP contribution in [0.2, 0.25) is 0 Å². The minimum absolute atomic E-state index is 0.236. The zero-order valence-electron chi connectivity index (χ0n) is 11.3. The average molecular weight is 327 g/mol. The fourth-order valence-corrected chi connectivity index (χ4v) is 3.59. The lowest BCUT2D eigenvalue weighted by Gasteiger charge is -2.23. The van der Waals surface area contributed by atoms with Crippen LogP contribution < -0.4 is 0 Å². The first-order valence-electron chi connectivity index (χ1n) is 6.60. The van der Waals surface area contributed by atoms with E-state index in [4.69, 9.17) is 4.42 Å². The van der Waals surface area contributed by atoms with Crippen molar-refractivity contribution in [2.45, 2.75) is 11.6 Å². The molecule has 1 fully saturated rings. The molecule has 7 heteroatoms. The van der Waals surface area contributed by atoms with Crippen LogP contribution in [0.5, 0.6) is 0 Å². The van der Waals surface area contributed by atoms with E-state index >= 15 is 0 Å². The van der Waals surface area contributed by atoms with Crippen molar-refractivity contribution in [1.82, 2.24) is 4.90 Å². The molecule has 0 spiro atoms. The molecule has 1 aromatic heterocycles. The first kappa shape index (κ1) is 15.0. The molecule has 0 radical (unpaired) electrons. The van der Waals surface area contributed by atoms with Gasteiger partial charge < -0.3 is 9.32 Å². The summed E-state index contributed by atoms with van der Waals surface area (Å²) in [7, 11) is 0. The molecule has 1 aliphatic rings. The van der Waals surface area contributed by atoms with Crippen LogP contribution >= 0.6 is 11.8 Å². The van der Waals surface area contributed by atoms with E-state index in [0.717, 1.165) is 17.9 Å². The highest BCUT2D eigenvalue weighted by molar-refractivity contribution is 7.99. The predicted molar refractivity (Wildman–Crippen MR) is 76.4 cm³/mol. The van der Waals surface area contributed by atoms with Crippen LogP contribution in [0.25, 0.3) is 0 Å². The van der Waals surface area contributed by atoms with Crippen molar-refractivity contribution < 1.29 is 22.4 Å². The summed E-state index contributed by atoms with van der Waals surface area (Å²) < 4.78 is 42.9. The first-order valence-corrected chi connectivity index (χ1v) is 7.65. The number of furan rings is 1. The van der Waals surface area contributed by atoms with Gasteiger partial charge in [-0.3, -0.25) is 4.79 Å². The van der Waals surface area contributed by atoms with Crippen molar-refractivity contribution in [2.75, 3.05) is 12.3 Å². The van der Waals surface area contributed by atoms with Crippen molar-refractivity contribution in [2.24, 2.45) is 0 Å². The SMILES string of the molecule is O=C(c1ccco1)N1CCS[C@H]1c1ccc(C(F)(F)F)cc1. The van der Waals surface area contributed by atoms with Crippen molar-refractivity contribution in [3.8, 4) is 0 Å². The quantitative estimate of drug-likeness (QED) is 0.829. The van der Waals surface area contributed by atoms with Gasteiger partial charge in [0.1, 0.15) is 5.37 Å². The maximum Gasteiger partial charge on any atom is 0.416 e. The summed E-state index contributed by atoms with van der Waals surface area (Å²) in [5.74, 6) is 0.720. The molecule has 1 atom stereocenters. The lowest BCUT2D eigenvalue weighted by molar-refractivity contribution is -0.137. The van der Waals surface area contributed by atoms with Gasteiger partial charge in [-0.2, -0.15) is 13.2 Å². The number of hydrogen-bond acceptors (Lipinski definition) is 3. The van der Waals surface area contributed by atoms with Crippen molar-refractivity contribution in [3.63, 3.8) is 0 Å². The van der Waals surface area contributed by atoms with E-state index in [1.807, 2.05) is 0 Å². The minimum atomic E-state index is -4.36. The molecule has 3 rings (SSSR count). The van der Waals surface area contributed by atoms with Gasteiger partial charge in [0.05, 0.1) is 11.8 Å². The number of rotatable bonds is 2. The van der Waals surface area contributed by atoms with Gasteiger partial charge in [-0.15, -0.1) is 11.8 Å². The maximum atomic E-state index is 12.6. The van der Waals surface area contributed by atoms with E-state index in [-0.39, 0.29) is 17.0 Å². The van der Waals surface area contributed by atoms with Crippen molar-refractivity contribution in [1.29, 1.82) is 0 Å². The highest BCUT2D eigenvalue weighted by Gasteiger charge is 2.34. The van der Waals surface area contributed by atoms with Gasteiger partial charge in [-0.25, -0.2) is 0 Å². The number of carbonyl (C=O) groups excluding carboxylic acids is 1. The normalized spacial score (nSPS) is 18.7. The number of carbonyl (C=O) groups is 1. The van der Waals surface area contributed by atoms with Gasteiger partial charge in [-0.05, 0) is 29.8 Å². The predicted octanol–water partition coefficient (Wildman–Crippen LogP) is 4.19. The summed E-state index contributed by atoms with van der Waals surface area (Å²) in [6.45, 7) is 0.538. The Morgan fingerprint density at radius 1 is 1.23 bits per heavy atom. The van der Waals surface area contributed by atoms with Gasteiger partial charge in [-0.1, -0.05) is 12.1 Å². The molecule has 22 heavy (non-hydrogen) atoms. The van der Waals surface area contributed by atoms with Crippen LogP contribution in [0.1, 0.15) is 27.1 Å². The molecule has 0 unspecified atom stereocenters. The molecule has 1 aliphatic heterocycles. The minimum Gasteiger partial charge on any atom is -0.459 e. The molecule has 0 bridgehead atoms. The Morgan fingerprint density at radius 3 is 2.55 bits per heavy atom. The topological polar surface area (TPSA) is 33.5 Å². The summed E-state index contributed by atoms with van der Waals surface area (Å²) in [6.07, 6.45) is -2.94. The fourth-order valence-electron chi connectivity index (χ4n) is 2.33. The van der Waals surface area contributed by atoms with E-state index in [1.54, 1.807) is 17.0 Å². The molecule has 0 N–H and O–H groups in total. The fraction of sp³-hybridized carbons (Fsp3) is 0.267. The molecule has 0 saturated carbocycles. The Hall–Kier alpha value is -1.89. The third-order valence-electron chi connectivity index (χ3n) is 3.41. The summed E-state index contributed by atoms with van der Waals surface area (Å²) in [5.41, 5.74) is -0.0152. The monoisotopic (exact) mass is 327 g/mol. The van der Waals surface area contributed by atoms with Crippen LogP contribution in [0.15, 0.2) is 47.1 Å². The molecule has 0 aliphatic carbocycles. The zero-order valence-corrected chi connectivity index (χ0v) is 12.2. The number of halogens is 3. The maximum absolute atomic E-state index is 12.6. The smallest absolute Gasteiger partial charge is 0.416 e. The molecular weight excluding hydrogens is 315 g/mol. The highest BCUT2D eigenvalue weighted by Crippen LogP contribution is 2.39. The van der Waals surface area contributed by atoms with Crippen molar-refractivity contribution in [3.05, 3.63) is 59.5 Å². The lowest BCUT2D eigenvalue weighted by atomic mass is 10.1. The second kappa shape index (κ2) is 5.72. The second-order valence-corrected chi connectivity index (χ2v) is 6.01. The van der Waals surface area contributed by atoms with Crippen LogP contribution in [0.4, 0.5) is 13.2 Å². The van der Waals surface area contributed by atoms with Gasteiger partial charge in [0.2, 0.25) is 0 Å². The number of nitrogens with zero attached hydrogens (tertiary/aromatic N) is 1. The Labute approximate surface area is 129 Å². The number of benzene rings is 1. The van der Waals surface area contributed by atoms with E-state index in [1.165, 1.54) is 30.2 Å². The first-order chi connectivity index (χ1) is 10.5. The highest BCUT2D eigenvalue weighted by atomic mass is 32.2. The summed E-state index contributed by atoms with van der Waals surface area (Å²) in [6, 6.07) is 8.15. The van der Waals surface area contributed by atoms with Crippen molar-refractivity contribution >= 4 is 17.7 Å². The number of thioether (sulfide) groups is 1. The van der Waals surface area contributed by atoms with Crippen LogP contribution in [0.3, 0.4) is 0 Å². The molecule has 3 nitrogen and oxygen atoms in total. The number of amides is 1. The van der Waals surface area contributed by atoms with Gasteiger partial charge in [0.25, 0.3) is 5.91 Å². The van der Waals surface area contributed by atoms with E-state index in [9.17, 15) is 18.0 Å². The molecule has 1 aromatic carbocycles. The standard InChI is InChI=1S/C15H12F3NO2S/c16-15(17,18)11-5-3-10(4-6-11)14-19(7-9-22-14)13(20)12-2-1-8-21-12/h1-6,8,14H,7,9H2/t14-/m0/s1. The van der Waals surface area contributed by atoms with E-state index in [0.29, 0.717) is 12.1 Å². The molecular formula is C15H12F3NO2S. The molecule has 1 saturated heterocycles. The summed E-state index contributed by atoms with van der Waals surface area (Å²) in [4.78, 5) is 14.0. The average Bonchev–Trinajstić information content (AvgIpc) is 3.17. The third-order valence-corrected chi connectivity index (χ3v) is 4.67.